The van der Waals surface area contributed by atoms with E-state index in [0.717, 1.165) is 11.1 Å². The van der Waals surface area contributed by atoms with Crippen LogP contribution in [0.1, 0.15) is 0 Å². The van der Waals surface area contributed by atoms with Gasteiger partial charge in [-0.25, -0.2) is 4.57 Å². The number of rotatable bonds is 4. The number of hydrogen-bond donors (Lipinski definition) is 1. The van der Waals surface area contributed by atoms with Crippen molar-refractivity contribution in [3.05, 3.63) is 49.1 Å². The highest BCUT2D eigenvalue weighted by Crippen LogP contribution is 2.27. The Bertz CT molecular complexity index is 551. The predicted molar refractivity (Wildman–Crippen MR) is 64.6 cm³/mol. The average Bonchev–Trinajstić information content (AvgIpc) is 2.37. The maximum Gasteiger partial charge on any atom is 0.169 e. The van der Waals surface area contributed by atoms with Crippen LogP contribution in [-0.2, 0) is 11.1 Å². The maximum absolute atomic E-state index is 10.7. The zero-order valence-electron chi connectivity index (χ0n) is 9.64. The van der Waals surface area contributed by atoms with E-state index in [1.165, 1.54) is 0 Å². The zero-order valence-corrected chi connectivity index (χ0v) is 10.5. The van der Waals surface area contributed by atoms with E-state index in [2.05, 4.69) is 4.98 Å². The first-order valence-electron chi connectivity index (χ1n) is 5.47. The van der Waals surface area contributed by atoms with Gasteiger partial charge in [0.2, 0.25) is 0 Å². The molecule has 6 heteroatoms. The zero-order chi connectivity index (χ0) is 13.0. The van der Waals surface area contributed by atoms with E-state index >= 15 is 0 Å². The maximum atomic E-state index is 10.7. The van der Waals surface area contributed by atoms with Crippen LogP contribution >= 0.6 is 7.60 Å². The van der Waals surface area contributed by atoms with Crippen molar-refractivity contribution >= 4 is 7.60 Å². The molecule has 2 aromatic heterocycles. The Hall–Kier alpha value is -1.55. The molecule has 0 bridgehead atoms. The summed E-state index contributed by atoms with van der Waals surface area (Å²) in [6.07, 6.45) is 6.74. The van der Waals surface area contributed by atoms with Crippen molar-refractivity contribution in [2.45, 2.75) is 6.54 Å². The number of aromatic nitrogens is 2. The SMILES string of the molecule is O=P([O-])(O)CC[n+]1ccc(-c2ccncc2)cc1. The van der Waals surface area contributed by atoms with Gasteiger partial charge in [-0.1, -0.05) is 0 Å². The molecule has 0 spiro atoms. The molecule has 1 atom stereocenters. The highest BCUT2D eigenvalue weighted by molar-refractivity contribution is 7.50. The molecule has 0 aromatic carbocycles. The summed E-state index contributed by atoms with van der Waals surface area (Å²) in [6.45, 7) is 0.244. The summed E-state index contributed by atoms with van der Waals surface area (Å²) in [5.74, 6) is 0. The molecule has 1 unspecified atom stereocenters. The van der Waals surface area contributed by atoms with Gasteiger partial charge in [-0.15, -0.1) is 0 Å². The van der Waals surface area contributed by atoms with Crippen LogP contribution < -0.4 is 9.46 Å². The summed E-state index contributed by atoms with van der Waals surface area (Å²) in [5.41, 5.74) is 2.08. The van der Waals surface area contributed by atoms with Crippen molar-refractivity contribution in [3.63, 3.8) is 0 Å². The molecule has 94 valence electrons. The molecule has 18 heavy (non-hydrogen) atoms. The lowest BCUT2D eigenvalue weighted by Gasteiger charge is -2.12. The van der Waals surface area contributed by atoms with Crippen molar-refractivity contribution in [1.82, 2.24) is 4.98 Å². The van der Waals surface area contributed by atoms with Gasteiger partial charge in [0.15, 0.2) is 18.9 Å². The first-order chi connectivity index (χ1) is 8.54. The summed E-state index contributed by atoms with van der Waals surface area (Å²) < 4.78 is 12.4. The van der Waals surface area contributed by atoms with Gasteiger partial charge in [0, 0.05) is 24.5 Å². The molecule has 2 heterocycles. The summed E-state index contributed by atoms with van der Waals surface area (Å²) >= 11 is 0. The lowest BCUT2D eigenvalue weighted by Crippen LogP contribution is -2.35. The Morgan fingerprint density at radius 2 is 1.72 bits per heavy atom. The topological polar surface area (TPSA) is 77.1 Å². The van der Waals surface area contributed by atoms with Gasteiger partial charge < -0.3 is 14.4 Å². The molecular weight excluding hydrogens is 251 g/mol. The summed E-state index contributed by atoms with van der Waals surface area (Å²) in [5, 5.41) is 0. The fourth-order valence-corrected chi connectivity index (χ4v) is 2.07. The summed E-state index contributed by atoms with van der Waals surface area (Å²) in [4.78, 5) is 23.3. The third-order valence-electron chi connectivity index (χ3n) is 2.55. The van der Waals surface area contributed by atoms with Gasteiger partial charge in [-0.2, -0.15) is 0 Å². The van der Waals surface area contributed by atoms with E-state index in [0.29, 0.717) is 0 Å². The second-order valence-electron chi connectivity index (χ2n) is 3.92. The smallest absolute Gasteiger partial charge is 0.169 e. The largest absolute Gasteiger partial charge is 0.778 e. The fraction of sp³-hybridized carbons (Fsp3) is 0.167. The Kier molecular flexibility index (Phi) is 3.87. The normalized spacial score (nSPS) is 14.1. The Morgan fingerprint density at radius 3 is 2.28 bits per heavy atom. The summed E-state index contributed by atoms with van der Waals surface area (Å²) in [7, 11) is -4.18. The van der Waals surface area contributed by atoms with E-state index in [1.54, 1.807) is 29.4 Å². The molecular formula is C12H13N2O3P. The number of hydrogen-bond acceptors (Lipinski definition) is 3. The van der Waals surface area contributed by atoms with Gasteiger partial charge in [-0.05, 0) is 23.3 Å². The molecule has 2 aromatic rings. The fourth-order valence-electron chi connectivity index (χ4n) is 1.59. The van der Waals surface area contributed by atoms with Crippen LogP contribution in [0.5, 0.6) is 0 Å². The third-order valence-corrected chi connectivity index (χ3v) is 3.31. The number of nitrogens with zero attached hydrogens (tertiary/aromatic N) is 2. The van der Waals surface area contributed by atoms with Gasteiger partial charge >= 0.3 is 0 Å². The second kappa shape index (κ2) is 5.40. The standard InChI is InChI=1S/C12H13N2O3P/c15-18(16,17)10-9-14-7-3-12(4-8-14)11-1-5-13-6-2-11/h1-8H,9-10H2,(H-,15,16,17). The minimum Gasteiger partial charge on any atom is -0.778 e. The van der Waals surface area contributed by atoms with Crippen LogP contribution in [0.4, 0.5) is 0 Å². The lowest BCUT2D eigenvalue weighted by molar-refractivity contribution is -0.692. The molecule has 1 N–H and O–H groups in total. The van der Waals surface area contributed by atoms with Crippen LogP contribution in [0.3, 0.4) is 0 Å². The first-order valence-corrected chi connectivity index (χ1v) is 7.23. The molecule has 0 amide bonds. The van der Waals surface area contributed by atoms with E-state index in [4.69, 9.17) is 4.89 Å². The lowest BCUT2D eigenvalue weighted by atomic mass is 10.1. The quantitative estimate of drug-likeness (QED) is 0.647. The predicted octanol–water partition coefficient (Wildman–Crippen LogP) is 0.582. The molecule has 0 radical (unpaired) electrons. The molecule has 0 saturated heterocycles. The van der Waals surface area contributed by atoms with Crippen molar-refractivity contribution < 1.29 is 18.9 Å². The van der Waals surface area contributed by atoms with Gasteiger partial charge in [0.25, 0.3) is 0 Å². The highest BCUT2D eigenvalue weighted by Gasteiger charge is 2.07. The van der Waals surface area contributed by atoms with Crippen LogP contribution in [0.15, 0.2) is 49.1 Å². The van der Waals surface area contributed by atoms with Gasteiger partial charge in [0.1, 0.15) is 7.60 Å². The molecule has 0 aliphatic rings. The van der Waals surface area contributed by atoms with Crippen LogP contribution in [0, 0.1) is 0 Å². The number of pyridine rings is 2. The van der Waals surface area contributed by atoms with E-state index in [-0.39, 0.29) is 12.7 Å². The van der Waals surface area contributed by atoms with Crippen molar-refractivity contribution in [3.8, 4) is 11.1 Å². The van der Waals surface area contributed by atoms with Crippen molar-refractivity contribution in [2.24, 2.45) is 0 Å². The Balaban J connectivity index is 2.09. The molecule has 0 aliphatic carbocycles. The average molecular weight is 264 g/mol. The minimum absolute atomic E-state index is 0.244. The Labute approximate surface area is 105 Å². The number of aryl methyl sites for hydroxylation is 1. The minimum atomic E-state index is -4.18. The second-order valence-corrected chi connectivity index (χ2v) is 5.64. The monoisotopic (exact) mass is 264 g/mol. The molecule has 5 nitrogen and oxygen atoms in total. The highest BCUT2D eigenvalue weighted by atomic mass is 31.2. The van der Waals surface area contributed by atoms with Crippen LogP contribution in [0.2, 0.25) is 0 Å². The molecule has 2 rings (SSSR count). The molecule has 0 saturated carbocycles. The van der Waals surface area contributed by atoms with Crippen molar-refractivity contribution in [2.75, 3.05) is 6.16 Å². The molecule has 0 fully saturated rings. The first kappa shape index (κ1) is 12.9. The third kappa shape index (κ3) is 3.74. The Morgan fingerprint density at radius 1 is 1.17 bits per heavy atom. The van der Waals surface area contributed by atoms with Gasteiger partial charge in [-0.3, -0.25) is 4.98 Å². The van der Waals surface area contributed by atoms with Gasteiger partial charge in [0.05, 0.1) is 6.16 Å². The summed E-state index contributed by atoms with van der Waals surface area (Å²) in [6, 6.07) is 7.59. The van der Waals surface area contributed by atoms with E-state index in [1.807, 2.05) is 24.3 Å². The van der Waals surface area contributed by atoms with Crippen molar-refractivity contribution in [1.29, 1.82) is 0 Å². The van der Waals surface area contributed by atoms with E-state index < -0.39 is 7.60 Å². The van der Waals surface area contributed by atoms with E-state index in [9.17, 15) is 9.46 Å². The van der Waals surface area contributed by atoms with Crippen LogP contribution in [-0.4, -0.2) is 16.0 Å². The molecule has 0 aliphatic heterocycles. The van der Waals surface area contributed by atoms with Crippen LogP contribution in [0.25, 0.3) is 11.1 Å².